The van der Waals surface area contributed by atoms with Gasteiger partial charge in [-0.05, 0) is 32.0 Å². The minimum atomic E-state index is -3.56. The Labute approximate surface area is 178 Å². The van der Waals surface area contributed by atoms with Gasteiger partial charge < -0.3 is 10.6 Å². The van der Waals surface area contributed by atoms with E-state index in [-0.39, 0.29) is 10.1 Å². The van der Waals surface area contributed by atoms with Crippen molar-refractivity contribution in [2.75, 3.05) is 29.9 Å². The molecule has 0 aliphatic carbocycles. The molecule has 3 rings (SSSR count). The van der Waals surface area contributed by atoms with Crippen LogP contribution in [-0.2, 0) is 14.8 Å². The van der Waals surface area contributed by atoms with Gasteiger partial charge in [-0.2, -0.15) is 16.1 Å². The zero-order valence-electron chi connectivity index (χ0n) is 16.2. The smallest absolute Gasteiger partial charge is 0.252 e. The second kappa shape index (κ2) is 9.29. The highest BCUT2D eigenvalue weighted by Crippen LogP contribution is 2.32. The van der Waals surface area contributed by atoms with Crippen LogP contribution >= 0.6 is 23.1 Å². The Balaban J connectivity index is 1.67. The fourth-order valence-corrected chi connectivity index (χ4v) is 6.93. The maximum absolute atomic E-state index is 12.8. The summed E-state index contributed by atoms with van der Waals surface area (Å²) in [6, 6.07) is 9.36. The van der Waals surface area contributed by atoms with Crippen LogP contribution in [0.3, 0.4) is 0 Å². The van der Waals surface area contributed by atoms with Gasteiger partial charge in [-0.3, -0.25) is 9.59 Å². The van der Waals surface area contributed by atoms with E-state index in [1.54, 1.807) is 55.9 Å². The van der Waals surface area contributed by atoms with E-state index in [9.17, 15) is 18.0 Å². The largest absolute Gasteiger partial charge is 0.341 e. The molecular formula is C19H23N3O4S3. The topological polar surface area (TPSA) is 95.6 Å². The van der Waals surface area contributed by atoms with Crippen LogP contribution in [-0.4, -0.2) is 55.2 Å². The Kier molecular flexibility index (Phi) is 6.99. The summed E-state index contributed by atoms with van der Waals surface area (Å²) in [7, 11) is -3.56. The van der Waals surface area contributed by atoms with Gasteiger partial charge in [0.2, 0.25) is 5.91 Å². The van der Waals surface area contributed by atoms with Crippen LogP contribution in [0.15, 0.2) is 40.6 Å². The number of carbonyl (C=O) groups is 2. The van der Waals surface area contributed by atoms with E-state index >= 15 is 0 Å². The second-order valence-electron chi connectivity index (χ2n) is 6.60. The van der Waals surface area contributed by atoms with Crippen molar-refractivity contribution in [2.24, 2.45) is 0 Å². The van der Waals surface area contributed by atoms with Crippen molar-refractivity contribution in [1.82, 2.24) is 9.62 Å². The third-order valence-electron chi connectivity index (χ3n) is 4.49. The summed E-state index contributed by atoms with van der Waals surface area (Å²) in [5.41, 5.74) is 0.915. The number of hydrogen-bond acceptors (Lipinski definition) is 6. The first kappa shape index (κ1) is 21.8. The minimum absolute atomic E-state index is 0.221. The maximum Gasteiger partial charge on any atom is 0.252 e. The predicted molar refractivity (Wildman–Crippen MR) is 117 cm³/mol. The molecule has 0 saturated carbocycles. The number of carbonyl (C=O) groups excluding carboxylic acids is 2. The number of sulfonamides is 1. The Morgan fingerprint density at radius 2 is 1.79 bits per heavy atom. The van der Waals surface area contributed by atoms with Gasteiger partial charge in [0.05, 0.1) is 5.69 Å². The number of anilines is 1. The Hall–Kier alpha value is -1.88. The van der Waals surface area contributed by atoms with Crippen molar-refractivity contribution in [2.45, 2.75) is 24.1 Å². The second-order valence-corrected chi connectivity index (χ2v) is 11.2. The van der Waals surface area contributed by atoms with Crippen LogP contribution < -0.4 is 10.6 Å². The molecule has 0 radical (unpaired) electrons. The Morgan fingerprint density at radius 1 is 1.14 bits per heavy atom. The molecule has 1 aromatic carbocycles. The molecule has 1 aliphatic heterocycles. The molecule has 7 nitrogen and oxygen atoms in total. The van der Waals surface area contributed by atoms with E-state index in [2.05, 4.69) is 10.6 Å². The number of aryl methyl sites for hydroxylation is 1. The van der Waals surface area contributed by atoms with Gasteiger partial charge in [0.15, 0.2) is 0 Å². The normalized spacial score (nSPS) is 16.2. The molecule has 1 aromatic heterocycles. The van der Waals surface area contributed by atoms with E-state index in [1.807, 2.05) is 0 Å². The predicted octanol–water partition coefficient (Wildman–Crippen LogP) is 2.55. The average Bonchev–Trinajstić information content (AvgIpc) is 3.10. The molecule has 1 fully saturated rings. The lowest BCUT2D eigenvalue weighted by molar-refractivity contribution is -0.117. The monoisotopic (exact) mass is 453 g/mol. The van der Waals surface area contributed by atoms with Gasteiger partial charge in [0.25, 0.3) is 15.9 Å². The highest BCUT2D eigenvalue weighted by Gasteiger charge is 2.29. The van der Waals surface area contributed by atoms with E-state index in [0.29, 0.717) is 29.2 Å². The minimum Gasteiger partial charge on any atom is -0.341 e. The first-order valence-electron chi connectivity index (χ1n) is 9.14. The molecular weight excluding hydrogens is 430 g/mol. The van der Waals surface area contributed by atoms with Crippen molar-refractivity contribution in [3.05, 3.63) is 46.8 Å². The first-order chi connectivity index (χ1) is 13.8. The molecule has 0 spiro atoms. The van der Waals surface area contributed by atoms with Crippen LogP contribution in [0.25, 0.3) is 0 Å². The van der Waals surface area contributed by atoms with Crippen molar-refractivity contribution in [3.63, 3.8) is 0 Å². The number of benzene rings is 1. The number of nitrogens with zero attached hydrogens (tertiary/aromatic N) is 1. The molecule has 2 heterocycles. The van der Waals surface area contributed by atoms with Crippen LogP contribution in [0, 0.1) is 6.92 Å². The third kappa shape index (κ3) is 5.19. The van der Waals surface area contributed by atoms with Crippen molar-refractivity contribution < 1.29 is 18.0 Å². The molecule has 2 aromatic rings. The average molecular weight is 454 g/mol. The Morgan fingerprint density at radius 3 is 2.45 bits per heavy atom. The summed E-state index contributed by atoms with van der Waals surface area (Å²) in [6.07, 6.45) is 0. The lowest BCUT2D eigenvalue weighted by Gasteiger charge is -2.24. The van der Waals surface area contributed by atoms with Crippen LogP contribution in [0.2, 0.25) is 0 Å². The van der Waals surface area contributed by atoms with E-state index < -0.39 is 22.0 Å². The standard InChI is InChI=1S/C19H23N3O4S3/c1-13(20-19(24)15-6-4-3-5-7-15)18(23)21-16-12-17(28-14(16)2)29(25,26)22-8-10-27-11-9-22/h3-7,12-13H,8-11H2,1-2H3,(H,20,24)(H,21,23). The lowest BCUT2D eigenvalue weighted by atomic mass is 10.2. The zero-order valence-corrected chi connectivity index (χ0v) is 18.6. The molecule has 29 heavy (non-hydrogen) atoms. The number of thioether (sulfide) groups is 1. The summed E-state index contributed by atoms with van der Waals surface area (Å²) in [4.78, 5) is 25.4. The van der Waals surface area contributed by atoms with Crippen molar-refractivity contribution in [1.29, 1.82) is 0 Å². The summed E-state index contributed by atoms with van der Waals surface area (Å²) in [5, 5.41) is 5.38. The number of hydrogen-bond donors (Lipinski definition) is 2. The molecule has 0 bridgehead atoms. The SMILES string of the molecule is Cc1sc(S(=O)(=O)N2CCSCC2)cc1NC(=O)C(C)NC(=O)c1ccccc1. The first-order valence-corrected chi connectivity index (χ1v) is 12.6. The van der Waals surface area contributed by atoms with Crippen LogP contribution in [0.1, 0.15) is 22.2 Å². The molecule has 1 aliphatic rings. The molecule has 156 valence electrons. The summed E-state index contributed by atoms with van der Waals surface area (Å²) >= 11 is 2.88. The van der Waals surface area contributed by atoms with E-state index in [4.69, 9.17) is 0 Å². The molecule has 1 atom stereocenters. The van der Waals surface area contributed by atoms with Crippen molar-refractivity contribution >= 4 is 50.6 Å². The summed E-state index contributed by atoms with van der Waals surface area (Å²) in [6.45, 7) is 4.34. The van der Waals surface area contributed by atoms with Gasteiger partial charge >= 0.3 is 0 Å². The molecule has 2 N–H and O–H groups in total. The van der Waals surface area contributed by atoms with Gasteiger partial charge in [-0.25, -0.2) is 8.42 Å². The van der Waals surface area contributed by atoms with Crippen LogP contribution in [0.4, 0.5) is 5.69 Å². The quantitative estimate of drug-likeness (QED) is 0.701. The fraction of sp³-hybridized carbons (Fsp3) is 0.368. The van der Waals surface area contributed by atoms with Gasteiger partial charge in [0, 0.05) is 35.0 Å². The number of nitrogens with one attached hydrogen (secondary N) is 2. The highest BCUT2D eigenvalue weighted by atomic mass is 32.2. The van der Waals surface area contributed by atoms with Crippen LogP contribution in [0.5, 0.6) is 0 Å². The highest BCUT2D eigenvalue weighted by molar-refractivity contribution is 7.99. The molecule has 10 heteroatoms. The number of rotatable bonds is 6. The van der Waals surface area contributed by atoms with Gasteiger partial charge in [-0.15, -0.1) is 11.3 Å². The fourth-order valence-electron chi connectivity index (χ4n) is 2.80. The zero-order chi connectivity index (χ0) is 21.0. The maximum atomic E-state index is 12.8. The molecule has 2 amide bonds. The summed E-state index contributed by atoms with van der Waals surface area (Å²) < 4.78 is 27.4. The number of thiophene rings is 1. The lowest BCUT2D eigenvalue weighted by Crippen LogP contribution is -2.41. The van der Waals surface area contributed by atoms with E-state index in [1.165, 1.54) is 10.4 Å². The van der Waals surface area contributed by atoms with Gasteiger partial charge in [0.1, 0.15) is 10.3 Å². The third-order valence-corrected chi connectivity index (χ3v) is 8.83. The van der Waals surface area contributed by atoms with E-state index in [0.717, 1.165) is 22.8 Å². The van der Waals surface area contributed by atoms with Gasteiger partial charge in [-0.1, -0.05) is 18.2 Å². The molecule has 1 unspecified atom stereocenters. The Bertz CT molecular complexity index is 983. The number of amides is 2. The van der Waals surface area contributed by atoms with Crippen molar-refractivity contribution in [3.8, 4) is 0 Å². The molecule has 1 saturated heterocycles. The summed E-state index contributed by atoms with van der Waals surface area (Å²) in [5.74, 6) is 0.812.